The molecule has 3 rings (SSSR count). The molecule has 2 aromatic rings. The van der Waals surface area contributed by atoms with Gasteiger partial charge >= 0.3 is 12.1 Å². The van der Waals surface area contributed by atoms with Crippen molar-refractivity contribution in [3.05, 3.63) is 52.6 Å². The van der Waals surface area contributed by atoms with Crippen molar-refractivity contribution >= 4 is 17.6 Å². The molecule has 1 heterocycles. The average Bonchev–Trinajstić information content (AvgIpc) is 2.57. The molecule has 0 aromatic heterocycles. The Morgan fingerprint density at radius 1 is 1.19 bits per heavy atom. The Balaban J connectivity index is 1.95. The predicted octanol–water partition coefficient (Wildman–Crippen LogP) is 4.98. The molecule has 0 saturated heterocycles. The number of fused-ring (bicyclic) bond motifs is 1. The standard InChI is InChI=1S/C17H10ClF5O4/c18-10-4-7-3-9(16(24)25)15(17(21,22)23)27-13(7)6-14(10)26-8-1-2-11(19)12(20)5-8/h1-2,4-6,9,15H,3H2,(H,24,25)/t9-,15+/m1/s1. The van der Waals surface area contributed by atoms with E-state index in [-0.39, 0.29) is 27.8 Å². The van der Waals surface area contributed by atoms with Crippen molar-refractivity contribution in [2.24, 2.45) is 5.92 Å². The SMILES string of the molecule is O=C(O)[C@@H]1Cc2cc(Cl)c(Oc3ccc(F)c(F)c3)cc2O[C@@H]1C(F)(F)F. The molecule has 0 unspecified atom stereocenters. The highest BCUT2D eigenvalue weighted by atomic mass is 35.5. The second-order valence-electron chi connectivity index (χ2n) is 5.80. The smallest absolute Gasteiger partial charge is 0.426 e. The summed E-state index contributed by atoms with van der Waals surface area (Å²) in [6.07, 6.45) is -7.89. The van der Waals surface area contributed by atoms with E-state index in [2.05, 4.69) is 0 Å². The van der Waals surface area contributed by atoms with Crippen molar-refractivity contribution in [1.82, 2.24) is 0 Å². The van der Waals surface area contributed by atoms with Gasteiger partial charge < -0.3 is 14.6 Å². The molecule has 144 valence electrons. The van der Waals surface area contributed by atoms with Crippen LogP contribution in [0.5, 0.6) is 17.2 Å². The third kappa shape index (κ3) is 3.92. The number of rotatable bonds is 3. The molecule has 10 heteroatoms. The lowest BCUT2D eigenvalue weighted by atomic mass is 9.90. The van der Waals surface area contributed by atoms with Crippen molar-refractivity contribution in [1.29, 1.82) is 0 Å². The molecule has 4 nitrogen and oxygen atoms in total. The Morgan fingerprint density at radius 3 is 2.48 bits per heavy atom. The zero-order valence-corrected chi connectivity index (χ0v) is 13.9. The summed E-state index contributed by atoms with van der Waals surface area (Å²) in [7, 11) is 0. The predicted molar refractivity (Wildman–Crippen MR) is 83.2 cm³/mol. The fourth-order valence-electron chi connectivity index (χ4n) is 2.67. The van der Waals surface area contributed by atoms with Crippen LogP contribution >= 0.6 is 11.6 Å². The first kappa shape index (κ1) is 19.2. The molecule has 0 radical (unpaired) electrons. The van der Waals surface area contributed by atoms with E-state index in [4.69, 9.17) is 26.2 Å². The molecule has 27 heavy (non-hydrogen) atoms. The van der Waals surface area contributed by atoms with Crippen molar-refractivity contribution in [3.63, 3.8) is 0 Å². The zero-order chi connectivity index (χ0) is 19.9. The van der Waals surface area contributed by atoms with Crippen molar-refractivity contribution in [3.8, 4) is 17.2 Å². The maximum Gasteiger partial charge on any atom is 0.426 e. The van der Waals surface area contributed by atoms with Crippen LogP contribution in [0.15, 0.2) is 30.3 Å². The van der Waals surface area contributed by atoms with Gasteiger partial charge in [-0.1, -0.05) is 11.6 Å². The van der Waals surface area contributed by atoms with Crippen LogP contribution in [0.25, 0.3) is 0 Å². The van der Waals surface area contributed by atoms with E-state index < -0.39 is 42.2 Å². The number of carboxylic acid groups (broad SMARTS) is 1. The Hall–Kier alpha value is -2.55. The molecule has 1 aliphatic heterocycles. The van der Waals surface area contributed by atoms with Gasteiger partial charge in [0.1, 0.15) is 23.2 Å². The van der Waals surface area contributed by atoms with Gasteiger partial charge in [0.15, 0.2) is 11.6 Å². The number of alkyl halides is 3. The van der Waals surface area contributed by atoms with Crippen LogP contribution in [0.1, 0.15) is 5.56 Å². The quantitative estimate of drug-likeness (QED) is 0.728. The van der Waals surface area contributed by atoms with Crippen molar-refractivity contribution < 1.29 is 41.3 Å². The Morgan fingerprint density at radius 2 is 1.89 bits per heavy atom. The van der Waals surface area contributed by atoms with Gasteiger partial charge in [0.05, 0.1) is 5.02 Å². The molecule has 0 fully saturated rings. The van der Waals surface area contributed by atoms with E-state index in [1.165, 1.54) is 6.07 Å². The Bertz CT molecular complexity index is 900. The minimum Gasteiger partial charge on any atom is -0.481 e. The summed E-state index contributed by atoms with van der Waals surface area (Å²) in [5.74, 6) is -6.31. The van der Waals surface area contributed by atoms with E-state index >= 15 is 0 Å². The summed E-state index contributed by atoms with van der Waals surface area (Å²) in [5.41, 5.74) is 0.158. The molecular formula is C17H10ClF5O4. The second kappa shape index (κ2) is 6.88. The molecule has 2 aromatic carbocycles. The largest absolute Gasteiger partial charge is 0.481 e. The highest BCUT2D eigenvalue weighted by Crippen LogP contribution is 2.43. The first-order valence-corrected chi connectivity index (χ1v) is 7.85. The third-order valence-corrected chi connectivity index (χ3v) is 4.23. The van der Waals surface area contributed by atoms with Crippen LogP contribution in [0.3, 0.4) is 0 Å². The maximum atomic E-state index is 13.3. The first-order valence-electron chi connectivity index (χ1n) is 7.47. The normalized spacial score (nSPS) is 19.2. The van der Waals surface area contributed by atoms with E-state index in [9.17, 15) is 26.7 Å². The number of carboxylic acids is 1. The molecule has 0 amide bonds. The summed E-state index contributed by atoms with van der Waals surface area (Å²) < 4.78 is 75.8. The molecule has 0 bridgehead atoms. The lowest BCUT2D eigenvalue weighted by Crippen LogP contribution is -2.47. The van der Waals surface area contributed by atoms with Crippen LogP contribution in [-0.4, -0.2) is 23.4 Å². The topological polar surface area (TPSA) is 55.8 Å². The lowest BCUT2D eigenvalue weighted by Gasteiger charge is -2.32. The van der Waals surface area contributed by atoms with Crippen LogP contribution in [0, 0.1) is 17.6 Å². The monoisotopic (exact) mass is 408 g/mol. The van der Waals surface area contributed by atoms with Gasteiger partial charge in [-0.05, 0) is 30.2 Å². The van der Waals surface area contributed by atoms with E-state index in [0.717, 1.165) is 24.3 Å². The molecule has 2 atom stereocenters. The van der Waals surface area contributed by atoms with Crippen LogP contribution in [0.4, 0.5) is 22.0 Å². The molecule has 1 N–H and O–H groups in total. The fraction of sp³-hybridized carbons (Fsp3) is 0.235. The number of ether oxygens (including phenoxy) is 2. The van der Waals surface area contributed by atoms with E-state index in [1.54, 1.807) is 0 Å². The fourth-order valence-corrected chi connectivity index (χ4v) is 2.89. The van der Waals surface area contributed by atoms with Crippen molar-refractivity contribution in [2.45, 2.75) is 18.7 Å². The van der Waals surface area contributed by atoms with Crippen LogP contribution < -0.4 is 9.47 Å². The number of hydrogen-bond donors (Lipinski definition) is 1. The van der Waals surface area contributed by atoms with Crippen LogP contribution in [-0.2, 0) is 11.2 Å². The summed E-state index contributed by atoms with van der Waals surface area (Å²) >= 11 is 6.02. The lowest BCUT2D eigenvalue weighted by molar-refractivity contribution is -0.217. The van der Waals surface area contributed by atoms with Crippen LogP contribution in [0.2, 0.25) is 5.02 Å². The maximum absolute atomic E-state index is 13.3. The first-order chi connectivity index (χ1) is 12.6. The molecule has 0 aliphatic carbocycles. The van der Waals surface area contributed by atoms with Gasteiger partial charge in [-0.15, -0.1) is 0 Å². The highest BCUT2D eigenvalue weighted by Gasteiger charge is 2.52. The molecule has 1 aliphatic rings. The Kier molecular flexibility index (Phi) is 4.90. The van der Waals surface area contributed by atoms with Gasteiger partial charge in [-0.2, -0.15) is 13.2 Å². The summed E-state index contributed by atoms with van der Waals surface area (Å²) in [4.78, 5) is 11.2. The number of carbonyl (C=O) groups is 1. The number of benzene rings is 2. The summed E-state index contributed by atoms with van der Waals surface area (Å²) in [6, 6.07) is 4.92. The third-order valence-electron chi connectivity index (χ3n) is 3.93. The zero-order valence-electron chi connectivity index (χ0n) is 13.2. The van der Waals surface area contributed by atoms with E-state index in [1.807, 2.05) is 0 Å². The van der Waals surface area contributed by atoms with Gasteiger partial charge in [-0.3, -0.25) is 4.79 Å². The minimum absolute atomic E-state index is 0.0586. The van der Waals surface area contributed by atoms with Gasteiger partial charge in [-0.25, -0.2) is 8.78 Å². The van der Waals surface area contributed by atoms with Crippen molar-refractivity contribution in [2.75, 3.05) is 0 Å². The Labute approximate surface area is 154 Å². The minimum atomic E-state index is -4.90. The van der Waals surface area contributed by atoms with Gasteiger partial charge in [0.2, 0.25) is 6.10 Å². The second-order valence-corrected chi connectivity index (χ2v) is 6.20. The summed E-state index contributed by atoms with van der Waals surface area (Å²) in [6.45, 7) is 0. The number of halogens is 6. The van der Waals surface area contributed by atoms with E-state index in [0.29, 0.717) is 0 Å². The number of hydrogen-bond acceptors (Lipinski definition) is 3. The molecule has 0 saturated carbocycles. The number of aliphatic carboxylic acids is 1. The summed E-state index contributed by atoms with van der Waals surface area (Å²) in [5, 5.41) is 9.00. The highest BCUT2D eigenvalue weighted by molar-refractivity contribution is 6.32. The van der Waals surface area contributed by atoms with Gasteiger partial charge in [0, 0.05) is 12.1 Å². The van der Waals surface area contributed by atoms with Gasteiger partial charge in [0.25, 0.3) is 0 Å². The molecular weight excluding hydrogens is 399 g/mol. The molecule has 0 spiro atoms. The average molecular weight is 409 g/mol.